The van der Waals surface area contributed by atoms with Gasteiger partial charge in [-0.15, -0.1) is 0 Å². The summed E-state index contributed by atoms with van der Waals surface area (Å²) < 4.78 is 0. The van der Waals surface area contributed by atoms with Crippen LogP contribution in [0.3, 0.4) is 0 Å². The fraction of sp³-hybridized carbons (Fsp3) is 0.958. The molecule has 4 aliphatic carbocycles. The highest BCUT2D eigenvalue weighted by atomic mass is 16.4. The van der Waals surface area contributed by atoms with Gasteiger partial charge in [-0.25, -0.2) is 0 Å². The molecule has 0 heterocycles. The molecule has 0 spiro atoms. The summed E-state index contributed by atoms with van der Waals surface area (Å²) in [5.74, 6) is 4.57. The Labute approximate surface area is 160 Å². The van der Waals surface area contributed by atoms with E-state index in [2.05, 4.69) is 20.8 Å². The van der Waals surface area contributed by atoms with Crippen molar-refractivity contribution in [1.29, 1.82) is 0 Å². The SMILES string of the molecule is CC(CCC(=O)O)C1CCC2C3CC[C@@H]4CCCC[C@]4(C)C3CC[C@]12C. The average molecular weight is 361 g/mol. The van der Waals surface area contributed by atoms with Crippen molar-refractivity contribution in [2.45, 2.75) is 97.8 Å². The standard InChI is InChI=1S/C24H40O2/c1-16(7-12-22(25)26)19-10-11-20-18-9-8-17-6-4-5-14-23(17,2)21(18)13-15-24(19,20)3/h16-21H,4-15H2,1-3H3,(H,25,26)/t16?,17-,18?,19?,20?,21?,23-,24+/m0/s1. The Kier molecular flexibility index (Phi) is 4.93. The van der Waals surface area contributed by atoms with Crippen molar-refractivity contribution >= 4 is 5.97 Å². The lowest BCUT2D eigenvalue weighted by molar-refractivity contribution is -0.137. The molecular formula is C24H40O2. The summed E-state index contributed by atoms with van der Waals surface area (Å²) in [6.07, 6.45) is 15.7. The largest absolute Gasteiger partial charge is 0.481 e. The van der Waals surface area contributed by atoms with E-state index in [1.54, 1.807) is 0 Å². The van der Waals surface area contributed by atoms with E-state index in [0.717, 1.165) is 36.0 Å². The number of aliphatic carboxylic acids is 1. The van der Waals surface area contributed by atoms with E-state index in [4.69, 9.17) is 5.11 Å². The molecule has 0 amide bonds. The van der Waals surface area contributed by atoms with Crippen molar-refractivity contribution in [3.8, 4) is 0 Å². The number of hydrogen-bond donors (Lipinski definition) is 1. The zero-order valence-corrected chi connectivity index (χ0v) is 17.3. The first-order chi connectivity index (χ1) is 12.4. The second-order valence-electron chi connectivity index (χ2n) is 11.0. The van der Waals surface area contributed by atoms with Crippen LogP contribution in [0.25, 0.3) is 0 Å². The summed E-state index contributed by atoms with van der Waals surface area (Å²) in [7, 11) is 0. The van der Waals surface area contributed by atoms with E-state index in [0.29, 0.717) is 23.2 Å². The third-order valence-electron chi connectivity index (χ3n) is 10.2. The molecule has 148 valence electrons. The van der Waals surface area contributed by atoms with Gasteiger partial charge in [0.05, 0.1) is 0 Å². The second-order valence-corrected chi connectivity index (χ2v) is 11.0. The summed E-state index contributed by atoms with van der Waals surface area (Å²) in [6, 6.07) is 0. The zero-order chi connectivity index (χ0) is 18.5. The number of fused-ring (bicyclic) bond motifs is 5. The van der Waals surface area contributed by atoms with Crippen molar-refractivity contribution in [2.75, 3.05) is 0 Å². The van der Waals surface area contributed by atoms with Crippen LogP contribution in [-0.2, 0) is 4.79 Å². The van der Waals surface area contributed by atoms with E-state index < -0.39 is 5.97 Å². The Morgan fingerprint density at radius 3 is 2.50 bits per heavy atom. The molecule has 0 aromatic heterocycles. The molecule has 0 bridgehead atoms. The Hall–Kier alpha value is -0.530. The van der Waals surface area contributed by atoms with Crippen LogP contribution < -0.4 is 0 Å². The molecule has 4 saturated carbocycles. The van der Waals surface area contributed by atoms with Crippen LogP contribution in [0.15, 0.2) is 0 Å². The van der Waals surface area contributed by atoms with Gasteiger partial charge in [0.25, 0.3) is 0 Å². The second kappa shape index (κ2) is 6.82. The highest BCUT2D eigenvalue weighted by Gasteiger charge is 2.60. The van der Waals surface area contributed by atoms with Crippen LogP contribution in [0.5, 0.6) is 0 Å². The third kappa shape index (κ3) is 2.85. The van der Waals surface area contributed by atoms with Gasteiger partial charge in [0.2, 0.25) is 0 Å². The molecule has 0 saturated heterocycles. The van der Waals surface area contributed by atoms with Gasteiger partial charge < -0.3 is 5.11 Å². The van der Waals surface area contributed by atoms with Gasteiger partial charge in [-0.3, -0.25) is 4.79 Å². The maximum Gasteiger partial charge on any atom is 0.303 e. The molecule has 0 aliphatic heterocycles. The lowest BCUT2D eigenvalue weighted by atomic mass is 9.44. The smallest absolute Gasteiger partial charge is 0.303 e. The average Bonchev–Trinajstić information content (AvgIpc) is 2.96. The van der Waals surface area contributed by atoms with Crippen molar-refractivity contribution < 1.29 is 9.90 Å². The number of carboxylic acid groups (broad SMARTS) is 1. The van der Waals surface area contributed by atoms with E-state index in [9.17, 15) is 4.79 Å². The van der Waals surface area contributed by atoms with Gasteiger partial charge in [-0.2, -0.15) is 0 Å². The first-order valence-corrected chi connectivity index (χ1v) is 11.6. The minimum Gasteiger partial charge on any atom is -0.481 e. The minimum absolute atomic E-state index is 0.351. The third-order valence-corrected chi connectivity index (χ3v) is 10.2. The predicted octanol–water partition coefficient (Wildman–Crippen LogP) is 6.54. The molecule has 2 nitrogen and oxygen atoms in total. The maximum atomic E-state index is 11.0. The molecule has 4 rings (SSSR count). The monoisotopic (exact) mass is 360 g/mol. The fourth-order valence-electron chi connectivity index (χ4n) is 8.82. The summed E-state index contributed by atoms with van der Waals surface area (Å²) in [5, 5.41) is 9.09. The van der Waals surface area contributed by atoms with Crippen molar-refractivity contribution in [2.24, 2.45) is 46.3 Å². The van der Waals surface area contributed by atoms with E-state index >= 15 is 0 Å². The quantitative estimate of drug-likeness (QED) is 0.618. The van der Waals surface area contributed by atoms with E-state index in [1.807, 2.05) is 0 Å². The first-order valence-electron chi connectivity index (χ1n) is 11.6. The molecule has 5 unspecified atom stereocenters. The highest BCUT2D eigenvalue weighted by molar-refractivity contribution is 5.66. The molecule has 0 aromatic carbocycles. The van der Waals surface area contributed by atoms with Crippen molar-refractivity contribution in [1.82, 2.24) is 0 Å². The van der Waals surface area contributed by atoms with Gasteiger partial charge in [-0.1, -0.05) is 33.6 Å². The van der Waals surface area contributed by atoms with Gasteiger partial charge in [0, 0.05) is 6.42 Å². The Balaban J connectivity index is 1.52. The maximum absolute atomic E-state index is 11.0. The summed E-state index contributed by atoms with van der Waals surface area (Å²) >= 11 is 0. The van der Waals surface area contributed by atoms with E-state index in [1.165, 1.54) is 64.2 Å². The van der Waals surface area contributed by atoms with Crippen LogP contribution in [-0.4, -0.2) is 11.1 Å². The lowest BCUT2D eigenvalue weighted by Crippen LogP contribution is -2.53. The molecule has 1 N–H and O–H groups in total. The topological polar surface area (TPSA) is 37.3 Å². The summed E-state index contributed by atoms with van der Waals surface area (Å²) in [5.41, 5.74) is 1.12. The summed E-state index contributed by atoms with van der Waals surface area (Å²) in [4.78, 5) is 11.0. The zero-order valence-electron chi connectivity index (χ0n) is 17.3. The summed E-state index contributed by atoms with van der Waals surface area (Å²) in [6.45, 7) is 7.60. The molecule has 26 heavy (non-hydrogen) atoms. The molecule has 2 heteroatoms. The normalized spacial score (nSPS) is 49.0. The predicted molar refractivity (Wildman–Crippen MR) is 106 cm³/mol. The van der Waals surface area contributed by atoms with Crippen LogP contribution in [0.4, 0.5) is 0 Å². The Bertz CT molecular complexity index is 542. The Morgan fingerprint density at radius 2 is 1.73 bits per heavy atom. The number of rotatable bonds is 4. The van der Waals surface area contributed by atoms with Gasteiger partial charge in [-0.05, 0) is 104 Å². The van der Waals surface area contributed by atoms with Gasteiger partial charge >= 0.3 is 5.97 Å². The number of hydrogen-bond acceptors (Lipinski definition) is 1. The number of carbonyl (C=O) groups is 1. The lowest BCUT2D eigenvalue weighted by Gasteiger charge is -2.61. The van der Waals surface area contributed by atoms with Gasteiger partial charge in [0.1, 0.15) is 0 Å². The molecule has 4 fully saturated rings. The minimum atomic E-state index is -0.621. The molecule has 0 aromatic rings. The van der Waals surface area contributed by atoms with Gasteiger partial charge in [0.15, 0.2) is 0 Å². The van der Waals surface area contributed by atoms with Crippen LogP contribution in [0, 0.1) is 46.3 Å². The fourth-order valence-corrected chi connectivity index (χ4v) is 8.82. The molecular weight excluding hydrogens is 320 g/mol. The highest BCUT2D eigenvalue weighted by Crippen LogP contribution is 2.68. The van der Waals surface area contributed by atoms with Crippen LogP contribution >= 0.6 is 0 Å². The first kappa shape index (κ1) is 18.8. The van der Waals surface area contributed by atoms with Crippen molar-refractivity contribution in [3.05, 3.63) is 0 Å². The van der Waals surface area contributed by atoms with Crippen LogP contribution in [0.2, 0.25) is 0 Å². The molecule has 8 atom stereocenters. The van der Waals surface area contributed by atoms with E-state index in [-0.39, 0.29) is 0 Å². The molecule has 4 aliphatic rings. The Morgan fingerprint density at radius 1 is 0.962 bits per heavy atom. The molecule has 0 radical (unpaired) electrons. The van der Waals surface area contributed by atoms with Crippen molar-refractivity contribution in [3.63, 3.8) is 0 Å². The van der Waals surface area contributed by atoms with Crippen LogP contribution in [0.1, 0.15) is 97.8 Å². The number of carboxylic acids is 1.